The Kier molecular flexibility index (Phi) is 5.12. The third kappa shape index (κ3) is 4.58. The predicted octanol–water partition coefficient (Wildman–Crippen LogP) is 0.875. The first-order valence-electron chi connectivity index (χ1n) is 1.64. The maximum atomic E-state index is 4.62. The summed E-state index contributed by atoms with van der Waals surface area (Å²) in [7, 11) is 0. The van der Waals surface area contributed by atoms with Crippen LogP contribution in [0.1, 0.15) is 13.3 Å². The zero-order valence-electron chi connectivity index (χ0n) is 3.18. The molecule has 0 saturated carbocycles. The van der Waals surface area contributed by atoms with Crippen molar-refractivity contribution in [1.29, 1.82) is 0 Å². The summed E-state index contributed by atoms with van der Waals surface area (Å²) >= 11 is 2.12. The van der Waals surface area contributed by atoms with Gasteiger partial charge in [0.1, 0.15) is 0 Å². The summed E-state index contributed by atoms with van der Waals surface area (Å²) in [5.41, 5.74) is 0. The molecule has 0 spiro atoms. The van der Waals surface area contributed by atoms with E-state index in [1.807, 2.05) is 0 Å². The summed E-state index contributed by atoms with van der Waals surface area (Å²) in [4.78, 5) is 0. The molecule has 0 unspecified atom stereocenters. The summed E-state index contributed by atoms with van der Waals surface area (Å²) in [6, 6.07) is 0. The monoisotopic (exact) mass is 161 g/mol. The van der Waals surface area contributed by atoms with Gasteiger partial charge in [0.05, 0.1) is 0 Å². The predicted molar refractivity (Wildman–Crippen MR) is 16.2 cm³/mol. The Morgan fingerprint density at radius 3 is 2.40 bits per heavy atom. The molecule has 0 heterocycles. The van der Waals surface area contributed by atoms with Crippen molar-refractivity contribution in [3.05, 3.63) is 0 Å². The molecule has 0 aromatic rings. The van der Waals surface area contributed by atoms with E-state index in [0.717, 1.165) is 13.0 Å². The molecule has 0 atom stereocenters. The molecule has 0 aromatic heterocycles. The minimum atomic E-state index is 0.858. The van der Waals surface area contributed by atoms with Crippen molar-refractivity contribution in [2.75, 3.05) is 6.61 Å². The average molecular weight is 160 g/mol. The summed E-state index contributed by atoms with van der Waals surface area (Å²) in [5.74, 6) is 0. The first-order valence-corrected chi connectivity index (χ1v) is 2.35. The van der Waals surface area contributed by atoms with Crippen LogP contribution in [-0.2, 0) is 22.2 Å². The Labute approximate surface area is 42.8 Å². The van der Waals surface area contributed by atoms with E-state index in [2.05, 4.69) is 29.1 Å². The Hall–Kier alpha value is 0.583. The first-order chi connectivity index (χ1) is 2.41. The molecule has 0 aliphatic carbocycles. The van der Waals surface area contributed by atoms with E-state index in [4.69, 9.17) is 0 Å². The number of hydrogen-bond donors (Lipinski definition) is 0. The molecule has 0 rings (SSSR count). The fourth-order valence-corrected chi connectivity index (χ4v) is 0.427. The van der Waals surface area contributed by atoms with E-state index in [1.165, 1.54) is 0 Å². The fraction of sp³-hybridized carbons (Fsp3) is 1.00. The van der Waals surface area contributed by atoms with Crippen molar-refractivity contribution < 1.29 is 22.2 Å². The second-order valence-electron chi connectivity index (χ2n) is 0.806. The molecule has 33 valence electrons. The Morgan fingerprint density at radius 2 is 2.40 bits per heavy atom. The molecule has 0 aromatic carbocycles. The van der Waals surface area contributed by atoms with Crippen LogP contribution in [0.5, 0.6) is 0 Å². The molecule has 5 heavy (non-hydrogen) atoms. The van der Waals surface area contributed by atoms with Crippen LogP contribution >= 0.6 is 0 Å². The van der Waals surface area contributed by atoms with Crippen LogP contribution < -0.4 is 0 Å². The van der Waals surface area contributed by atoms with Gasteiger partial charge in [-0.05, 0) is 0 Å². The van der Waals surface area contributed by atoms with Crippen molar-refractivity contribution in [1.82, 2.24) is 0 Å². The van der Waals surface area contributed by atoms with Crippen LogP contribution in [0.15, 0.2) is 0 Å². The van der Waals surface area contributed by atoms with E-state index < -0.39 is 0 Å². The van der Waals surface area contributed by atoms with Crippen molar-refractivity contribution in [3.63, 3.8) is 0 Å². The molecular formula is C3H7ORu. The van der Waals surface area contributed by atoms with Crippen molar-refractivity contribution in [2.24, 2.45) is 0 Å². The van der Waals surface area contributed by atoms with Gasteiger partial charge in [-0.3, -0.25) is 0 Å². The second-order valence-corrected chi connectivity index (χ2v) is 1.31. The van der Waals surface area contributed by atoms with Gasteiger partial charge in [0.15, 0.2) is 0 Å². The van der Waals surface area contributed by atoms with Crippen LogP contribution in [-0.4, -0.2) is 6.61 Å². The van der Waals surface area contributed by atoms with Crippen LogP contribution in [0.3, 0.4) is 0 Å². The third-order valence-electron chi connectivity index (χ3n) is 0.276. The third-order valence-corrected chi connectivity index (χ3v) is 0.631. The number of hydrogen-bond acceptors (Lipinski definition) is 1. The topological polar surface area (TPSA) is 9.23 Å². The Balaban J connectivity index is 2.19. The van der Waals surface area contributed by atoms with Crippen LogP contribution in [0.25, 0.3) is 0 Å². The van der Waals surface area contributed by atoms with E-state index >= 15 is 0 Å². The molecule has 0 aliphatic heterocycles. The van der Waals surface area contributed by atoms with Gasteiger partial charge in [0.25, 0.3) is 0 Å². The minimum absolute atomic E-state index is 0.858. The molecule has 0 N–H and O–H groups in total. The number of rotatable bonds is 2. The first kappa shape index (κ1) is 5.58. The molecule has 1 nitrogen and oxygen atoms in total. The van der Waals surface area contributed by atoms with E-state index in [0.29, 0.717) is 0 Å². The standard InChI is InChI=1S/C3H7O.Ru/c1-2-3-4;/h2-3H2,1H3;/q-1;+1. The summed E-state index contributed by atoms with van der Waals surface area (Å²) in [6.07, 6.45) is 1.10. The van der Waals surface area contributed by atoms with Crippen LogP contribution in [0.2, 0.25) is 0 Å². The Bertz CT molecular complexity index is 14.4. The van der Waals surface area contributed by atoms with Crippen molar-refractivity contribution >= 4 is 0 Å². The molecule has 0 aliphatic rings. The molecule has 0 amide bonds. The second kappa shape index (κ2) is 4.58. The summed E-state index contributed by atoms with van der Waals surface area (Å²) in [6.45, 7) is 2.93. The van der Waals surface area contributed by atoms with Gasteiger partial charge in [-0.1, -0.05) is 0 Å². The molecule has 0 saturated heterocycles. The van der Waals surface area contributed by atoms with Gasteiger partial charge in [0.2, 0.25) is 0 Å². The average Bonchev–Trinajstić information content (AvgIpc) is 1.41. The van der Waals surface area contributed by atoms with Gasteiger partial charge < -0.3 is 0 Å². The zero-order valence-corrected chi connectivity index (χ0v) is 4.91. The van der Waals surface area contributed by atoms with Crippen LogP contribution in [0.4, 0.5) is 0 Å². The fourth-order valence-electron chi connectivity index (χ4n) is 0.0722. The van der Waals surface area contributed by atoms with Gasteiger partial charge in [0, 0.05) is 0 Å². The zero-order chi connectivity index (χ0) is 4.12. The molecule has 0 radical (unpaired) electrons. The van der Waals surface area contributed by atoms with Gasteiger partial charge in [-0.15, -0.1) is 0 Å². The molecule has 0 fully saturated rings. The van der Waals surface area contributed by atoms with Gasteiger partial charge in [-0.25, -0.2) is 0 Å². The SMILES string of the molecule is CCC[O][Ru]. The van der Waals surface area contributed by atoms with Crippen molar-refractivity contribution in [2.45, 2.75) is 13.3 Å². The van der Waals surface area contributed by atoms with E-state index in [1.54, 1.807) is 0 Å². The summed E-state index contributed by atoms with van der Waals surface area (Å²) < 4.78 is 4.62. The van der Waals surface area contributed by atoms with E-state index in [-0.39, 0.29) is 0 Å². The van der Waals surface area contributed by atoms with E-state index in [9.17, 15) is 0 Å². The molecular weight excluding hydrogens is 153 g/mol. The van der Waals surface area contributed by atoms with Gasteiger partial charge >= 0.3 is 42.2 Å². The normalized spacial score (nSPS) is 8.40. The van der Waals surface area contributed by atoms with Crippen molar-refractivity contribution in [3.8, 4) is 0 Å². The molecule has 2 heteroatoms. The molecule has 0 bridgehead atoms. The maximum absolute atomic E-state index is 4.62. The summed E-state index contributed by atoms with van der Waals surface area (Å²) in [5, 5.41) is 0. The quantitative estimate of drug-likeness (QED) is 0.545. The van der Waals surface area contributed by atoms with Gasteiger partial charge in [-0.2, -0.15) is 0 Å². The van der Waals surface area contributed by atoms with Crippen LogP contribution in [0, 0.1) is 0 Å². The Morgan fingerprint density at radius 1 is 1.80 bits per heavy atom.